The van der Waals surface area contributed by atoms with Crippen LogP contribution in [0, 0.1) is 0 Å². The molecule has 12 aromatic rings. The molecule has 4 amide bonds. The van der Waals surface area contributed by atoms with Gasteiger partial charge in [-0.2, -0.15) is 48.6 Å². The molecule has 34 heteroatoms. The fraction of sp³-hybridized carbons (Fsp3) is 0.216. The summed E-state index contributed by atoms with van der Waals surface area (Å²) in [7, 11) is -1.67. The Bertz CT molecular complexity index is 5530. The molecular formula is C74H72N18O15S. The lowest BCUT2D eigenvalue weighted by Crippen LogP contribution is -2.23. The quantitative estimate of drug-likeness (QED) is 0.0106. The number of azo groups is 2. The van der Waals surface area contributed by atoms with Crippen LogP contribution in [0.25, 0.3) is 55.0 Å². The number of rotatable bonds is 32. The van der Waals surface area contributed by atoms with Crippen molar-refractivity contribution >= 4 is 123 Å². The molecule has 0 unspecified atom stereocenters. The number of nitrogens with two attached hydrogens (primary N) is 2. The Balaban J connectivity index is 0.633. The minimum atomic E-state index is -4.74. The molecule has 4 aromatic heterocycles. The van der Waals surface area contributed by atoms with Crippen molar-refractivity contribution in [3.05, 3.63) is 174 Å². The van der Waals surface area contributed by atoms with Crippen LogP contribution < -0.4 is 42.2 Å². The van der Waals surface area contributed by atoms with Gasteiger partial charge in [0, 0.05) is 59.1 Å². The number of fused-ring (bicyclic) bond motifs is 4. The number of phenols is 2. The van der Waals surface area contributed by atoms with E-state index in [1.54, 1.807) is 60.7 Å². The van der Waals surface area contributed by atoms with Gasteiger partial charge in [0.15, 0.2) is 34.0 Å². The molecule has 12 rings (SSSR count). The lowest BCUT2D eigenvalue weighted by molar-refractivity contribution is -0.122. The largest absolute Gasteiger partial charge is 0.507 e. The van der Waals surface area contributed by atoms with Crippen molar-refractivity contribution < 1.29 is 71.5 Å². The number of ether oxygens (including phenoxy) is 4. The third-order valence-corrected chi connectivity index (χ3v) is 17.8. The molecule has 0 atom stereocenters. The van der Waals surface area contributed by atoms with E-state index in [0.29, 0.717) is 35.4 Å². The summed E-state index contributed by atoms with van der Waals surface area (Å²) in [5, 5.41) is 74.1. The molecule has 0 spiro atoms. The molecule has 4 heterocycles. The average molecular weight is 1490 g/mol. The monoisotopic (exact) mass is 1480 g/mol. The van der Waals surface area contributed by atoms with Gasteiger partial charge in [-0.25, -0.2) is 0 Å². The van der Waals surface area contributed by atoms with E-state index < -0.39 is 26.7 Å². The van der Waals surface area contributed by atoms with Crippen molar-refractivity contribution in [3.63, 3.8) is 0 Å². The van der Waals surface area contributed by atoms with Crippen molar-refractivity contribution in [3.8, 4) is 46.7 Å². The number of hydrogen-bond acceptors (Lipinski definition) is 26. The molecule has 13 N–H and O–H groups in total. The standard InChI is InChI=1S/C74H72N18O15S/c1-104-32-34-106-71-83-67(75)65-69(85-71)91(73(99)81-65)40-44-16-12-42(13-17-44)38-77-57(95)8-4-10-59(97)79-53-30-24-48-6-3-7-55(93)61(48)63(53)89-87-50-26-20-46(21-27-50)47-22-28-51(29-23-47)88-90-64-54(31-25-49-36-52(108(101,102)103)37-56(94)62(49)64)80-60(98)11-5-9-58(96)78-39-43-14-18-45(19-15-43)41-92-70-66(82-74(92)100)68(76)84-72(86-70)107-35-33-105-2/h3,6-7,12-31,36-37,93-94H,4-5,8-11,32-35,38-41H2,1-2H3,(H,77,95)(H,78,96)(H,79,97)(H,80,98)(H,81,99)(H,82,100)(H2,75,83,85)(H2,76,84,86)(H,101,102,103)/b89-87+,90-88+. The van der Waals surface area contributed by atoms with Crippen molar-refractivity contribution in [2.75, 3.05) is 62.7 Å². The van der Waals surface area contributed by atoms with Gasteiger partial charge in [0.1, 0.15) is 36.1 Å². The number of nitrogens with one attached hydrogen (secondary N) is 4. The summed E-state index contributed by atoms with van der Waals surface area (Å²) in [5.41, 5.74) is 19.3. The highest BCUT2D eigenvalue weighted by molar-refractivity contribution is 7.85. The van der Waals surface area contributed by atoms with Crippen molar-refractivity contribution in [1.29, 1.82) is 0 Å². The Morgan fingerprint density at radius 3 is 1.34 bits per heavy atom. The number of aromatic hydroxyl groups is 4. The van der Waals surface area contributed by atoms with Crippen LogP contribution in [0.1, 0.15) is 60.8 Å². The first-order chi connectivity index (χ1) is 52.1. The highest BCUT2D eigenvalue weighted by Crippen LogP contribution is 2.43. The normalized spacial score (nSPS) is 11.7. The number of imidazole rings is 2. The molecule has 108 heavy (non-hydrogen) atoms. The molecule has 8 aromatic carbocycles. The number of nitrogens with zero attached hydrogens (tertiary/aromatic N) is 12. The van der Waals surface area contributed by atoms with Gasteiger partial charge < -0.3 is 72.1 Å². The number of amides is 4. The average Bonchev–Trinajstić information content (AvgIpc) is 1.59. The van der Waals surface area contributed by atoms with Gasteiger partial charge in [0.2, 0.25) is 23.6 Å². The van der Waals surface area contributed by atoms with E-state index in [1.807, 2.05) is 60.7 Å². The number of anilines is 4. The molecule has 0 aliphatic carbocycles. The maximum Gasteiger partial charge on any atom is 0.320 e. The summed E-state index contributed by atoms with van der Waals surface area (Å²) >= 11 is 0. The number of benzene rings is 8. The van der Waals surface area contributed by atoms with E-state index >= 15 is 0 Å². The summed E-state index contributed by atoms with van der Waals surface area (Å²) in [6.07, 6.45) is 0.348. The third kappa shape index (κ3) is 18.2. The first-order valence-corrected chi connectivity index (χ1v) is 35.1. The van der Waals surface area contributed by atoms with Crippen molar-refractivity contribution in [2.45, 2.75) is 69.6 Å². The van der Waals surface area contributed by atoms with Crippen LogP contribution >= 0.6 is 0 Å². The van der Waals surface area contributed by atoms with E-state index in [9.17, 15) is 52.6 Å². The van der Waals surface area contributed by atoms with Crippen molar-refractivity contribution in [2.24, 2.45) is 20.5 Å². The fourth-order valence-corrected chi connectivity index (χ4v) is 12.0. The second-order valence-corrected chi connectivity index (χ2v) is 26.0. The fourth-order valence-electron chi connectivity index (χ4n) is 11.5. The molecule has 0 radical (unpaired) electrons. The molecule has 0 saturated heterocycles. The number of aromatic nitrogens is 8. The number of nitrogen functional groups attached to an aromatic ring is 2. The lowest BCUT2D eigenvalue weighted by Gasteiger charge is -2.13. The minimum Gasteiger partial charge on any atom is -0.507 e. The van der Waals surface area contributed by atoms with Gasteiger partial charge in [-0.3, -0.25) is 32.9 Å². The smallest absolute Gasteiger partial charge is 0.320 e. The summed E-state index contributed by atoms with van der Waals surface area (Å²) < 4.78 is 58.2. The van der Waals surface area contributed by atoms with Crippen LogP contribution in [-0.2, 0) is 64.9 Å². The molecule has 33 nitrogen and oxygen atoms in total. The van der Waals surface area contributed by atoms with E-state index in [-0.39, 0.29) is 193 Å². The molecule has 0 aliphatic rings. The first kappa shape index (κ1) is 74.4. The van der Waals surface area contributed by atoms with Crippen LogP contribution in [0.5, 0.6) is 35.5 Å². The second-order valence-electron chi connectivity index (χ2n) is 24.6. The molecule has 0 fully saturated rings. The molecule has 0 aliphatic heterocycles. The topological polar surface area (TPSA) is 477 Å². The molecular weight excluding hydrogens is 1410 g/mol. The summed E-state index contributed by atoms with van der Waals surface area (Å²) in [6.45, 7) is 1.81. The minimum absolute atomic E-state index is 0.00125. The highest BCUT2D eigenvalue weighted by atomic mass is 32.2. The van der Waals surface area contributed by atoms with Gasteiger partial charge in [-0.1, -0.05) is 97.1 Å². The van der Waals surface area contributed by atoms with E-state index in [1.165, 1.54) is 41.6 Å². The van der Waals surface area contributed by atoms with E-state index in [2.05, 4.69) is 71.6 Å². The Morgan fingerprint density at radius 2 is 0.898 bits per heavy atom. The number of carbonyl (C=O) groups excluding carboxylic acids is 4. The predicted octanol–water partition coefficient (Wildman–Crippen LogP) is 11.0. The Labute approximate surface area is 615 Å². The Kier molecular flexibility index (Phi) is 23.2. The molecule has 0 saturated carbocycles. The van der Waals surface area contributed by atoms with Crippen molar-refractivity contribution in [1.82, 2.24) is 49.7 Å². The summed E-state index contributed by atoms with van der Waals surface area (Å²) in [5.74, 6) is -2.03. The number of phenolic OH excluding ortho intramolecular Hbond substituents is 2. The van der Waals surface area contributed by atoms with Crippen LogP contribution in [-0.4, -0.2) is 137 Å². The Hall–Kier alpha value is -13.3. The maximum absolute atomic E-state index is 13.5. The SMILES string of the molecule is COCCOc1nc(N)c2nc(O)n(Cc3ccc(CNC(=O)CCCC(=O)Nc4ccc5cccc(O)c5c4/N=N/c4ccc(-c5ccc(/N=N/c6c(NC(=O)CCCC(=O)NCc7ccc(Cn8c(O)nc9c(N)nc(OCCOC)nc98)cc7)ccc7cc(S(=O)(=O)O)cc(O)c67)cc5)cc4)cc3)c2n1. The van der Waals surface area contributed by atoms with Crippen LogP contribution in [0.2, 0.25) is 0 Å². The first-order valence-electron chi connectivity index (χ1n) is 33.7. The van der Waals surface area contributed by atoms with E-state index in [4.69, 9.17) is 30.4 Å². The predicted molar refractivity (Wildman–Crippen MR) is 399 cm³/mol. The van der Waals surface area contributed by atoms with Crippen LogP contribution in [0.15, 0.2) is 177 Å². The van der Waals surface area contributed by atoms with Gasteiger partial charge >= 0.3 is 12.0 Å². The van der Waals surface area contributed by atoms with Gasteiger partial charge in [0.25, 0.3) is 22.1 Å². The molecule has 554 valence electrons. The third-order valence-electron chi connectivity index (χ3n) is 17.0. The van der Waals surface area contributed by atoms with Crippen LogP contribution in [0.3, 0.4) is 0 Å². The zero-order chi connectivity index (χ0) is 76.0. The van der Waals surface area contributed by atoms with E-state index in [0.717, 1.165) is 45.5 Å². The zero-order valence-corrected chi connectivity index (χ0v) is 58.9. The van der Waals surface area contributed by atoms with Gasteiger partial charge in [-0.15, -0.1) is 10.2 Å². The maximum atomic E-state index is 13.5. The van der Waals surface area contributed by atoms with Gasteiger partial charge in [-0.05, 0) is 106 Å². The number of carbonyl (C=O) groups is 4. The Morgan fingerprint density at radius 1 is 0.472 bits per heavy atom. The molecule has 0 bridgehead atoms. The number of methoxy groups -OCH3 is 2. The van der Waals surface area contributed by atoms with Crippen LogP contribution in [0.4, 0.5) is 45.8 Å². The summed E-state index contributed by atoms with van der Waals surface area (Å²) in [6, 6.07) is 41.4. The zero-order valence-electron chi connectivity index (χ0n) is 58.1. The lowest BCUT2D eigenvalue weighted by atomic mass is 10.1. The van der Waals surface area contributed by atoms with Gasteiger partial charge in [0.05, 0.1) is 64.7 Å². The highest BCUT2D eigenvalue weighted by Gasteiger charge is 2.23. The summed E-state index contributed by atoms with van der Waals surface area (Å²) in [4.78, 5) is 77.6. The number of hydrogen-bond donors (Lipinski definition) is 11. The second kappa shape index (κ2) is 33.6.